The van der Waals surface area contributed by atoms with Crippen molar-refractivity contribution in [2.75, 3.05) is 0 Å². The van der Waals surface area contributed by atoms with Crippen molar-refractivity contribution in [1.82, 2.24) is 4.98 Å². The van der Waals surface area contributed by atoms with Gasteiger partial charge in [0.2, 0.25) is 5.95 Å². The molecule has 0 radical (unpaired) electrons. The number of carbonyl (C=O) groups is 1. The fourth-order valence-corrected chi connectivity index (χ4v) is 0.986. The molecular weight excluding hydrogens is 183 g/mol. The van der Waals surface area contributed by atoms with Crippen molar-refractivity contribution in [2.45, 2.75) is 13.3 Å². The zero-order chi connectivity index (χ0) is 10.0. The van der Waals surface area contributed by atoms with Crippen molar-refractivity contribution < 1.29 is 18.0 Å². The summed E-state index contributed by atoms with van der Waals surface area (Å²) in [6, 6.07) is 0.940. The average molecular weight is 189 g/mol. The molecule has 1 rings (SSSR count). The molecule has 70 valence electrons. The normalized spacial score (nSPS) is 10.5. The number of rotatable bonds is 2. The maximum absolute atomic E-state index is 12.5. The van der Waals surface area contributed by atoms with E-state index in [-0.39, 0.29) is 17.4 Å². The van der Waals surface area contributed by atoms with E-state index in [1.165, 1.54) is 6.92 Å². The van der Waals surface area contributed by atoms with E-state index in [2.05, 4.69) is 4.98 Å². The second-order valence-electron chi connectivity index (χ2n) is 2.48. The van der Waals surface area contributed by atoms with Gasteiger partial charge in [0.25, 0.3) is 6.43 Å². The summed E-state index contributed by atoms with van der Waals surface area (Å²) in [5.41, 5.74) is -0.873. The standard InChI is InChI=1S/C8H6F3NO/c1-4-2-6(9)12-7(8(10)11)5(4)3-13/h2-3,8H,1H3. The first-order chi connectivity index (χ1) is 6.06. The minimum atomic E-state index is -2.94. The van der Waals surface area contributed by atoms with E-state index in [0.29, 0.717) is 0 Å². The molecule has 0 amide bonds. The van der Waals surface area contributed by atoms with Crippen LogP contribution in [0.5, 0.6) is 0 Å². The SMILES string of the molecule is Cc1cc(F)nc(C(F)F)c1C=O. The molecule has 0 aromatic carbocycles. The first kappa shape index (κ1) is 9.70. The van der Waals surface area contributed by atoms with Gasteiger partial charge in [0.05, 0.1) is 0 Å². The zero-order valence-electron chi connectivity index (χ0n) is 6.72. The summed E-state index contributed by atoms with van der Waals surface area (Å²) in [5.74, 6) is -1.00. The zero-order valence-corrected chi connectivity index (χ0v) is 6.72. The Kier molecular flexibility index (Phi) is 2.65. The van der Waals surface area contributed by atoms with E-state index in [1.54, 1.807) is 0 Å². The highest BCUT2D eigenvalue weighted by Gasteiger charge is 2.17. The summed E-state index contributed by atoms with van der Waals surface area (Å²) in [6.07, 6.45) is -2.68. The number of carbonyl (C=O) groups excluding carboxylic acids is 1. The van der Waals surface area contributed by atoms with Gasteiger partial charge in [-0.25, -0.2) is 13.8 Å². The number of hydrogen-bond donors (Lipinski definition) is 0. The van der Waals surface area contributed by atoms with Crippen molar-refractivity contribution >= 4 is 6.29 Å². The van der Waals surface area contributed by atoms with Crippen molar-refractivity contribution in [3.63, 3.8) is 0 Å². The van der Waals surface area contributed by atoms with Crippen LogP contribution in [0.25, 0.3) is 0 Å². The topological polar surface area (TPSA) is 30.0 Å². The predicted molar refractivity (Wildman–Crippen MR) is 39.3 cm³/mol. The van der Waals surface area contributed by atoms with Gasteiger partial charge in [-0.1, -0.05) is 0 Å². The Balaban J connectivity index is 3.38. The van der Waals surface area contributed by atoms with E-state index < -0.39 is 18.1 Å². The van der Waals surface area contributed by atoms with E-state index in [9.17, 15) is 18.0 Å². The molecule has 0 saturated carbocycles. The number of aldehydes is 1. The van der Waals surface area contributed by atoms with Gasteiger partial charge in [-0.2, -0.15) is 4.39 Å². The van der Waals surface area contributed by atoms with Gasteiger partial charge in [-0.15, -0.1) is 0 Å². The summed E-state index contributed by atoms with van der Waals surface area (Å²) in [4.78, 5) is 13.3. The molecule has 0 aliphatic carbocycles. The number of hydrogen-bond acceptors (Lipinski definition) is 2. The Morgan fingerprint density at radius 1 is 1.54 bits per heavy atom. The van der Waals surface area contributed by atoms with Crippen molar-refractivity contribution in [3.8, 4) is 0 Å². The van der Waals surface area contributed by atoms with Crippen LogP contribution >= 0.6 is 0 Å². The van der Waals surface area contributed by atoms with Crippen LogP contribution in [-0.2, 0) is 0 Å². The molecule has 0 fully saturated rings. The third-order valence-corrected chi connectivity index (χ3v) is 1.59. The first-order valence-electron chi connectivity index (χ1n) is 3.46. The number of nitrogens with zero attached hydrogens (tertiary/aromatic N) is 1. The van der Waals surface area contributed by atoms with Crippen LogP contribution in [-0.4, -0.2) is 11.3 Å². The van der Waals surface area contributed by atoms with Gasteiger partial charge in [0, 0.05) is 5.56 Å². The van der Waals surface area contributed by atoms with E-state index in [1.807, 2.05) is 0 Å². The summed E-state index contributed by atoms with van der Waals surface area (Å²) < 4.78 is 36.9. The Labute approximate surface area is 72.4 Å². The van der Waals surface area contributed by atoms with Gasteiger partial charge in [-0.05, 0) is 18.6 Å². The first-order valence-corrected chi connectivity index (χ1v) is 3.46. The molecule has 0 aliphatic rings. The lowest BCUT2D eigenvalue weighted by Gasteiger charge is -2.05. The van der Waals surface area contributed by atoms with Crippen LogP contribution < -0.4 is 0 Å². The molecule has 0 saturated heterocycles. The largest absolute Gasteiger partial charge is 0.298 e. The van der Waals surface area contributed by atoms with Crippen molar-refractivity contribution in [3.05, 3.63) is 28.8 Å². The van der Waals surface area contributed by atoms with Crippen LogP contribution in [0.2, 0.25) is 0 Å². The number of aromatic nitrogens is 1. The molecule has 5 heteroatoms. The Bertz CT molecular complexity index is 338. The highest BCUT2D eigenvalue weighted by Crippen LogP contribution is 2.22. The fraction of sp³-hybridized carbons (Fsp3) is 0.250. The molecular formula is C8H6F3NO. The van der Waals surface area contributed by atoms with Crippen molar-refractivity contribution in [1.29, 1.82) is 0 Å². The quantitative estimate of drug-likeness (QED) is 0.527. The number of alkyl halides is 2. The molecule has 0 aliphatic heterocycles. The predicted octanol–water partition coefficient (Wildman–Crippen LogP) is 2.28. The van der Waals surface area contributed by atoms with Crippen LogP contribution in [0.15, 0.2) is 6.07 Å². The molecule has 0 atom stereocenters. The van der Waals surface area contributed by atoms with E-state index >= 15 is 0 Å². The molecule has 2 nitrogen and oxygen atoms in total. The van der Waals surface area contributed by atoms with Crippen molar-refractivity contribution in [2.24, 2.45) is 0 Å². The summed E-state index contributed by atoms with van der Waals surface area (Å²) in [6.45, 7) is 1.38. The third kappa shape index (κ3) is 1.85. The third-order valence-electron chi connectivity index (χ3n) is 1.59. The molecule has 1 aromatic heterocycles. The van der Waals surface area contributed by atoms with Crippen LogP contribution in [0.4, 0.5) is 13.2 Å². The van der Waals surface area contributed by atoms with Gasteiger partial charge < -0.3 is 0 Å². The minimum absolute atomic E-state index is 0.165. The second-order valence-corrected chi connectivity index (χ2v) is 2.48. The second kappa shape index (κ2) is 3.55. The number of aryl methyl sites for hydroxylation is 1. The van der Waals surface area contributed by atoms with Gasteiger partial charge in [0.15, 0.2) is 6.29 Å². The monoisotopic (exact) mass is 189 g/mol. The van der Waals surface area contributed by atoms with Gasteiger partial charge in [-0.3, -0.25) is 4.79 Å². The van der Waals surface area contributed by atoms with Crippen LogP contribution in [0, 0.1) is 12.9 Å². The highest BCUT2D eigenvalue weighted by molar-refractivity contribution is 5.78. The lowest BCUT2D eigenvalue weighted by atomic mass is 10.1. The van der Waals surface area contributed by atoms with E-state index in [4.69, 9.17) is 0 Å². The maximum atomic E-state index is 12.5. The maximum Gasteiger partial charge on any atom is 0.281 e. The smallest absolute Gasteiger partial charge is 0.281 e. The Hall–Kier alpha value is -1.39. The van der Waals surface area contributed by atoms with Gasteiger partial charge >= 0.3 is 0 Å². The fourth-order valence-electron chi connectivity index (χ4n) is 0.986. The average Bonchev–Trinajstić information content (AvgIpc) is 2.02. The molecule has 1 heterocycles. The summed E-state index contributed by atoms with van der Waals surface area (Å²) in [7, 11) is 0. The minimum Gasteiger partial charge on any atom is -0.298 e. The Morgan fingerprint density at radius 2 is 2.15 bits per heavy atom. The molecule has 0 bridgehead atoms. The van der Waals surface area contributed by atoms with E-state index in [0.717, 1.165) is 6.07 Å². The van der Waals surface area contributed by atoms with Gasteiger partial charge in [0.1, 0.15) is 5.69 Å². The summed E-state index contributed by atoms with van der Waals surface area (Å²) >= 11 is 0. The molecule has 0 unspecified atom stereocenters. The molecule has 0 N–H and O–H groups in total. The molecule has 0 spiro atoms. The lowest BCUT2D eigenvalue weighted by Crippen LogP contribution is -2.02. The molecule has 1 aromatic rings. The molecule has 13 heavy (non-hydrogen) atoms. The van der Waals surface area contributed by atoms with Crippen LogP contribution in [0.1, 0.15) is 28.0 Å². The number of halogens is 3. The highest BCUT2D eigenvalue weighted by atomic mass is 19.3. The number of pyridine rings is 1. The lowest BCUT2D eigenvalue weighted by molar-refractivity contribution is 0.110. The van der Waals surface area contributed by atoms with Crippen LogP contribution in [0.3, 0.4) is 0 Å². The Morgan fingerprint density at radius 3 is 2.62 bits per heavy atom. The summed E-state index contributed by atoms with van der Waals surface area (Å²) in [5, 5.41) is 0.